The second-order valence-electron chi connectivity index (χ2n) is 8.34. The van der Waals surface area contributed by atoms with Gasteiger partial charge in [-0.3, -0.25) is 4.57 Å². The fourth-order valence-electron chi connectivity index (χ4n) is 4.97. The second kappa shape index (κ2) is 7.01. The monoisotopic (exact) mass is 421 g/mol. The number of rotatable bonds is 2. The summed E-state index contributed by atoms with van der Waals surface area (Å²) in [5, 5.41) is 7.35. The Balaban J connectivity index is 1.60. The third kappa shape index (κ3) is 2.69. The molecule has 0 saturated heterocycles. The first kappa shape index (κ1) is 18.1. The molecule has 154 valence electrons. The van der Waals surface area contributed by atoms with Crippen molar-refractivity contribution in [3.8, 4) is 17.1 Å². The van der Waals surface area contributed by atoms with Gasteiger partial charge in [0.2, 0.25) is 5.95 Å². The summed E-state index contributed by atoms with van der Waals surface area (Å²) < 4.78 is 2.22. The lowest BCUT2D eigenvalue weighted by atomic mass is 10.0. The number of fused-ring (bicyclic) bond motifs is 7. The zero-order valence-electron chi connectivity index (χ0n) is 17.8. The Morgan fingerprint density at radius 2 is 1.12 bits per heavy atom. The molecule has 0 amide bonds. The average molecular weight is 422 g/mol. The lowest BCUT2D eigenvalue weighted by molar-refractivity contribution is 0.993. The van der Waals surface area contributed by atoms with Crippen LogP contribution in [0.25, 0.3) is 60.4 Å². The molecule has 0 aliphatic heterocycles. The minimum Gasteiger partial charge on any atom is -0.277 e. The van der Waals surface area contributed by atoms with E-state index in [1.165, 1.54) is 32.3 Å². The van der Waals surface area contributed by atoms with E-state index in [9.17, 15) is 0 Å². The zero-order chi connectivity index (χ0) is 21.8. The second-order valence-corrected chi connectivity index (χ2v) is 8.34. The smallest absolute Gasteiger partial charge is 0.234 e. The Morgan fingerprint density at radius 1 is 0.485 bits per heavy atom. The number of hydrogen-bond acceptors (Lipinski definition) is 2. The molecule has 0 atom stereocenters. The van der Waals surface area contributed by atoms with E-state index in [2.05, 4.69) is 89.5 Å². The van der Waals surface area contributed by atoms with Crippen molar-refractivity contribution in [2.45, 2.75) is 0 Å². The van der Waals surface area contributed by atoms with Gasteiger partial charge in [-0.2, -0.15) is 0 Å². The van der Waals surface area contributed by atoms with Gasteiger partial charge in [0, 0.05) is 34.1 Å². The van der Waals surface area contributed by atoms with E-state index in [4.69, 9.17) is 9.97 Å². The van der Waals surface area contributed by atoms with Crippen LogP contribution in [0, 0.1) is 0 Å². The SMILES string of the molecule is c1ccc(-c2cnc(-n3c4ccc5ccccc5c4c4ccc5ccccc5c43)nc2)cc1. The van der Waals surface area contributed by atoms with Crippen molar-refractivity contribution >= 4 is 43.4 Å². The van der Waals surface area contributed by atoms with Gasteiger partial charge in [0.15, 0.2) is 0 Å². The molecule has 0 aliphatic carbocycles. The molecule has 33 heavy (non-hydrogen) atoms. The third-order valence-electron chi connectivity index (χ3n) is 6.49. The number of benzene rings is 5. The highest BCUT2D eigenvalue weighted by molar-refractivity contribution is 6.25. The quantitative estimate of drug-likeness (QED) is 0.289. The molecule has 7 aromatic rings. The predicted molar refractivity (Wildman–Crippen MR) is 137 cm³/mol. The molecule has 7 rings (SSSR count). The molecule has 0 radical (unpaired) electrons. The predicted octanol–water partition coefficient (Wildman–Crippen LogP) is 7.55. The highest BCUT2D eigenvalue weighted by atomic mass is 15.1. The van der Waals surface area contributed by atoms with Crippen LogP contribution in [0.15, 0.2) is 116 Å². The van der Waals surface area contributed by atoms with Crippen LogP contribution in [0.4, 0.5) is 0 Å². The molecule has 0 N–H and O–H groups in total. The molecule has 0 saturated carbocycles. The van der Waals surface area contributed by atoms with Gasteiger partial charge in [-0.05, 0) is 27.8 Å². The summed E-state index contributed by atoms with van der Waals surface area (Å²) in [6.07, 6.45) is 3.84. The van der Waals surface area contributed by atoms with E-state index >= 15 is 0 Å². The van der Waals surface area contributed by atoms with Crippen LogP contribution in [0.1, 0.15) is 0 Å². The summed E-state index contributed by atoms with van der Waals surface area (Å²) in [6.45, 7) is 0. The van der Waals surface area contributed by atoms with Gasteiger partial charge in [-0.15, -0.1) is 0 Å². The van der Waals surface area contributed by atoms with Gasteiger partial charge in [-0.1, -0.05) is 97.1 Å². The summed E-state index contributed by atoms with van der Waals surface area (Å²) >= 11 is 0. The normalized spacial score (nSPS) is 11.6. The van der Waals surface area contributed by atoms with Crippen molar-refractivity contribution in [2.75, 3.05) is 0 Å². The van der Waals surface area contributed by atoms with Crippen LogP contribution in [-0.2, 0) is 0 Å². The molecule has 3 heteroatoms. The fraction of sp³-hybridized carbons (Fsp3) is 0. The molecule has 0 spiro atoms. The number of aromatic nitrogens is 3. The highest BCUT2D eigenvalue weighted by Crippen LogP contribution is 2.39. The van der Waals surface area contributed by atoms with E-state index in [1.54, 1.807) is 0 Å². The molecule has 0 fully saturated rings. The van der Waals surface area contributed by atoms with Gasteiger partial charge >= 0.3 is 0 Å². The zero-order valence-corrected chi connectivity index (χ0v) is 17.8. The standard InChI is InChI=1S/C30H19N3/c1-2-8-20(9-3-1)23-18-31-30(32-19-23)33-27-17-15-21-10-4-6-12-24(21)28(27)26-16-14-22-11-5-7-13-25(22)29(26)33/h1-19H. The number of nitrogens with zero attached hydrogens (tertiary/aromatic N) is 3. The molecule has 2 aromatic heterocycles. The molecule has 0 bridgehead atoms. The Bertz CT molecular complexity index is 1800. The van der Waals surface area contributed by atoms with E-state index < -0.39 is 0 Å². The van der Waals surface area contributed by atoms with Crippen molar-refractivity contribution in [2.24, 2.45) is 0 Å². The van der Waals surface area contributed by atoms with Crippen molar-refractivity contribution in [3.05, 3.63) is 116 Å². The van der Waals surface area contributed by atoms with E-state index in [0.29, 0.717) is 5.95 Å². The Hall–Kier alpha value is -4.50. The first-order valence-electron chi connectivity index (χ1n) is 11.1. The topological polar surface area (TPSA) is 30.7 Å². The minimum absolute atomic E-state index is 0.682. The van der Waals surface area contributed by atoms with Crippen LogP contribution in [-0.4, -0.2) is 14.5 Å². The third-order valence-corrected chi connectivity index (χ3v) is 6.49. The first-order valence-corrected chi connectivity index (χ1v) is 11.1. The van der Waals surface area contributed by atoms with Crippen molar-refractivity contribution in [1.82, 2.24) is 14.5 Å². The van der Waals surface area contributed by atoms with Crippen LogP contribution < -0.4 is 0 Å². The summed E-state index contributed by atoms with van der Waals surface area (Å²) in [5.41, 5.74) is 4.39. The van der Waals surface area contributed by atoms with Crippen LogP contribution >= 0.6 is 0 Å². The van der Waals surface area contributed by atoms with Crippen LogP contribution in [0.5, 0.6) is 0 Å². The van der Waals surface area contributed by atoms with Crippen LogP contribution in [0.3, 0.4) is 0 Å². The molecule has 0 aliphatic rings. The molecule has 3 nitrogen and oxygen atoms in total. The lowest BCUT2D eigenvalue weighted by Crippen LogP contribution is -2.01. The Morgan fingerprint density at radius 3 is 1.91 bits per heavy atom. The lowest BCUT2D eigenvalue weighted by Gasteiger charge is -2.09. The molecule has 2 heterocycles. The number of hydrogen-bond donors (Lipinski definition) is 0. The molecule has 5 aromatic carbocycles. The molecule has 0 unspecified atom stereocenters. The van der Waals surface area contributed by atoms with Gasteiger partial charge in [-0.25, -0.2) is 9.97 Å². The largest absolute Gasteiger partial charge is 0.277 e. The van der Waals surface area contributed by atoms with E-state index in [0.717, 1.165) is 22.2 Å². The van der Waals surface area contributed by atoms with Crippen LogP contribution in [0.2, 0.25) is 0 Å². The molecular weight excluding hydrogens is 402 g/mol. The minimum atomic E-state index is 0.682. The maximum atomic E-state index is 4.84. The molecular formula is C30H19N3. The van der Waals surface area contributed by atoms with E-state index in [1.807, 2.05) is 30.6 Å². The fourth-order valence-corrected chi connectivity index (χ4v) is 4.97. The summed E-state index contributed by atoms with van der Waals surface area (Å²) in [6, 6.07) is 36.2. The Kier molecular flexibility index (Phi) is 3.84. The Labute approximate surface area is 190 Å². The van der Waals surface area contributed by atoms with Gasteiger partial charge in [0.05, 0.1) is 11.0 Å². The van der Waals surface area contributed by atoms with Crippen molar-refractivity contribution in [1.29, 1.82) is 0 Å². The van der Waals surface area contributed by atoms with Crippen molar-refractivity contribution in [3.63, 3.8) is 0 Å². The first-order chi connectivity index (χ1) is 16.4. The van der Waals surface area contributed by atoms with E-state index in [-0.39, 0.29) is 0 Å². The summed E-state index contributed by atoms with van der Waals surface area (Å²) in [4.78, 5) is 9.67. The highest BCUT2D eigenvalue weighted by Gasteiger charge is 2.18. The maximum absolute atomic E-state index is 4.84. The summed E-state index contributed by atoms with van der Waals surface area (Å²) in [5.74, 6) is 0.682. The maximum Gasteiger partial charge on any atom is 0.234 e. The average Bonchev–Trinajstić information content (AvgIpc) is 3.25. The van der Waals surface area contributed by atoms with Gasteiger partial charge in [0.1, 0.15) is 0 Å². The van der Waals surface area contributed by atoms with Crippen molar-refractivity contribution < 1.29 is 0 Å². The summed E-state index contributed by atoms with van der Waals surface area (Å²) in [7, 11) is 0. The van der Waals surface area contributed by atoms with Gasteiger partial charge in [0.25, 0.3) is 0 Å². The van der Waals surface area contributed by atoms with Gasteiger partial charge < -0.3 is 0 Å².